The average molecular weight is 484 g/mol. The van der Waals surface area contributed by atoms with E-state index in [1.165, 1.54) is 11.3 Å². The third kappa shape index (κ3) is 4.06. The zero-order valence-electron chi connectivity index (χ0n) is 18.3. The molecule has 0 fully saturated rings. The number of hydrogen-bond donors (Lipinski definition) is 1. The molecule has 1 aromatic heterocycles. The molecule has 0 bridgehead atoms. The van der Waals surface area contributed by atoms with Crippen molar-refractivity contribution in [1.82, 2.24) is 5.43 Å². The molecule has 162 valence electrons. The molecule has 0 saturated heterocycles. The van der Waals surface area contributed by atoms with Gasteiger partial charge < -0.3 is 14.1 Å². The number of hydrazone groups is 1. The van der Waals surface area contributed by atoms with E-state index in [0.717, 1.165) is 21.8 Å². The molecule has 0 spiro atoms. The van der Waals surface area contributed by atoms with E-state index in [1.807, 2.05) is 12.1 Å². The molecule has 31 heavy (non-hydrogen) atoms. The van der Waals surface area contributed by atoms with E-state index in [4.69, 9.17) is 9.15 Å². The number of nitrogens with one attached hydrogen (secondary N) is 1. The molecule has 2 heterocycles. The minimum Gasteiger partial charge on any atom is -0.493 e. The molecule has 0 unspecified atom stereocenters. The Morgan fingerprint density at radius 2 is 2.10 bits per heavy atom. The molecule has 1 atom stereocenters. The Morgan fingerprint density at radius 1 is 1.32 bits per heavy atom. The Labute approximate surface area is 190 Å². The smallest absolute Gasteiger partial charge is 0.307 e. The van der Waals surface area contributed by atoms with Crippen LogP contribution < -0.4 is 15.1 Å². The zero-order valence-corrected chi connectivity index (χ0v) is 19.9. The summed E-state index contributed by atoms with van der Waals surface area (Å²) in [4.78, 5) is 14.8. The first-order valence-corrected chi connectivity index (χ1v) is 11.0. The van der Waals surface area contributed by atoms with Gasteiger partial charge in [0.25, 0.3) is 0 Å². The maximum Gasteiger partial charge on any atom is 0.307 e. The number of nitrogens with zero attached hydrogens (tertiary/aromatic N) is 2. The number of benzene rings is 2. The number of rotatable bonds is 4. The maximum atomic E-state index is 12.5. The van der Waals surface area contributed by atoms with Gasteiger partial charge in [-0.2, -0.15) is 5.10 Å². The summed E-state index contributed by atoms with van der Waals surface area (Å²) in [6.07, 6.45) is 2.74. The maximum absolute atomic E-state index is 12.5. The lowest BCUT2D eigenvalue weighted by atomic mass is 9.80. The second-order valence-corrected chi connectivity index (χ2v) is 9.55. The number of anilines is 1. The fourth-order valence-corrected chi connectivity index (χ4v) is 4.70. The van der Waals surface area contributed by atoms with Crippen molar-refractivity contribution >= 4 is 44.7 Å². The van der Waals surface area contributed by atoms with Crippen molar-refractivity contribution in [3.8, 4) is 5.75 Å². The van der Waals surface area contributed by atoms with Crippen LogP contribution >= 0.6 is 15.9 Å². The molecular weight excluding hydrogens is 458 g/mol. The third-order valence-electron chi connectivity index (χ3n) is 6.03. The predicted molar refractivity (Wildman–Crippen MR) is 127 cm³/mol. The van der Waals surface area contributed by atoms with Gasteiger partial charge >= 0.3 is 5.91 Å². The number of carbonyl (C=O) groups excluding carboxylic acids is 1. The highest BCUT2D eigenvalue weighted by Crippen LogP contribution is 2.42. The fraction of sp³-hybridized carbons (Fsp3) is 0.333. The van der Waals surface area contributed by atoms with E-state index in [0.29, 0.717) is 17.3 Å². The number of amides is 1. The normalized spacial score (nSPS) is 17.7. The largest absolute Gasteiger partial charge is 0.493 e. The van der Waals surface area contributed by atoms with E-state index in [2.05, 4.69) is 71.3 Å². The molecular formula is C24H26BrN3O3. The summed E-state index contributed by atoms with van der Waals surface area (Å²) in [5.74, 6) is 0.766. The first-order valence-electron chi connectivity index (χ1n) is 10.2. The topological polar surface area (TPSA) is 67.1 Å². The van der Waals surface area contributed by atoms with Crippen molar-refractivity contribution < 1.29 is 13.9 Å². The van der Waals surface area contributed by atoms with Gasteiger partial charge in [0.05, 0.1) is 13.3 Å². The van der Waals surface area contributed by atoms with Crippen LogP contribution in [0.2, 0.25) is 0 Å². The summed E-state index contributed by atoms with van der Waals surface area (Å²) in [6, 6.07) is 11.6. The average Bonchev–Trinajstić information content (AvgIpc) is 3.15. The summed E-state index contributed by atoms with van der Waals surface area (Å²) < 4.78 is 11.9. The van der Waals surface area contributed by atoms with E-state index < -0.39 is 5.91 Å². The Bertz CT molecular complexity index is 1180. The van der Waals surface area contributed by atoms with Crippen molar-refractivity contribution in [3.05, 3.63) is 57.8 Å². The molecule has 1 amide bonds. The minimum atomic E-state index is -0.418. The van der Waals surface area contributed by atoms with Gasteiger partial charge in [-0.15, -0.1) is 0 Å². The number of halogens is 1. The van der Waals surface area contributed by atoms with Gasteiger partial charge in [-0.25, -0.2) is 5.43 Å². The Morgan fingerprint density at radius 3 is 2.84 bits per heavy atom. The first-order chi connectivity index (χ1) is 14.7. The van der Waals surface area contributed by atoms with Crippen molar-refractivity contribution in [3.63, 3.8) is 0 Å². The lowest BCUT2D eigenvalue weighted by molar-refractivity contribution is 0.0929. The molecule has 1 N–H and O–H groups in total. The summed E-state index contributed by atoms with van der Waals surface area (Å²) in [5.41, 5.74) is 6.68. The number of methoxy groups -OCH3 is 1. The van der Waals surface area contributed by atoms with Gasteiger partial charge in [-0.05, 0) is 67.6 Å². The Kier molecular flexibility index (Phi) is 5.56. The fourth-order valence-electron chi connectivity index (χ4n) is 4.25. The van der Waals surface area contributed by atoms with E-state index in [9.17, 15) is 4.79 Å². The van der Waals surface area contributed by atoms with Gasteiger partial charge in [-0.3, -0.25) is 4.79 Å². The van der Waals surface area contributed by atoms with Crippen LogP contribution in [0.4, 0.5) is 5.69 Å². The Balaban J connectivity index is 1.51. The van der Waals surface area contributed by atoms with Gasteiger partial charge in [-0.1, -0.05) is 28.9 Å². The molecule has 4 rings (SSSR count). The van der Waals surface area contributed by atoms with Gasteiger partial charge in [0.1, 0.15) is 0 Å². The van der Waals surface area contributed by atoms with Gasteiger partial charge in [0, 0.05) is 28.1 Å². The minimum absolute atomic E-state index is 0.126. The molecule has 1 aliphatic rings. The van der Waals surface area contributed by atoms with Crippen molar-refractivity contribution in [2.24, 2.45) is 5.10 Å². The summed E-state index contributed by atoms with van der Waals surface area (Å²) >= 11 is 3.43. The molecule has 0 aliphatic carbocycles. The number of hydrogen-bond acceptors (Lipinski definition) is 5. The SMILES string of the molecule is COc1cc(Br)cc2cc(C(=O)N/N=C\c3ccc4c(c3)[C@@H](C)CC(C)(C)N4C)oc12. The zero-order chi connectivity index (χ0) is 22.3. The molecule has 2 aromatic carbocycles. The van der Waals surface area contributed by atoms with Crippen LogP contribution in [0.25, 0.3) is 11.0 Å². The molecule has 7 heteroatoms. The van der Waals surface area contributed by atoms with Crippen molar-refractivity contribution in [1.29, 1.82) is 0 Å². The Hall–Kier alpha value is -2.80. The second-order valence-electron chi connectivity index (χ2n) is 8.63. The van der Waals surface area contributed by atoms with Crippen LogP contribution in [0.3, 0.4) is 0 Å². The van der Waals surface area contributed by atoms with Crippen LogP contribution in [-0.4, -0.2) is 31.8 Å². The molecule has 3 aromatic rings. The number of furan rings is 1. The highest BCUT2D eigenvalue weighted by Gasteiger charge is 2.33. The molecule has 0 saturated carbocycles. The highest BCUT2D eigenvalue weighted by atomic mass is 79.9. The van der Waals surface area contributed by atoms with Crippen LogP contribution in [0.5, 0.6) is 5.75 Å². The second kappa shape index (κ2) is 8.04. The van der Waals surface area contributed by atoms with Crippen LogP contribution in [0.15, 0.2) is 50.4 Å². The standard InChI is InChI=1S/C24H26BrN3O3/c1-14-12-24(2,3)28(4)19-7-6-15(8-18(14)19)13-26-27-23(29)21-10-16-9-17(25)11-20(30-5)22(16)31-21/h6-11,13-14H,12H2,1-5H3,(H,27,29)/b26-13-/t14-/m0/s1. The first kappa shape index (κ1) is 21.4. The number of carbonyl (C=O) groups is 1. The van der Waals surface area contributed by atoms with Crippen LogP contribution in [-0.2, 0) is 0 Å². The van der Waals surface area contributed by atoms with Crippen molar-refractivity contribution in [2.45, 2.75) is 38.6 Å². The quantitative estimate of drug-likeness (QED) is 0.382. The lowest BCUT2D eigenvalue weighted by Crippen LogP contribution is -2.45. The van der Waals surface area contributed by atoms with E-state index in [1.54, 1.807) is 25.5 Å². The van der Waals surface area contributed by atoms with Crippen LogP contribution in [0, 0.1) is 0 Å². The monoisotopic (exact) mass is 483 g/mol. The number of ether oxygens (including phenoxy) is 1. The van der Waals surface area contributed by atoms with E-state index in [-0.39, 0.29) is 11.3 Å². The van der Waals surface area contributed by atoms with Crippen molar-refractivity contribution in [2.75, 3.05) is 19.1 Å². The molecule has 0 radical (unpaired) electrons. The van der Waals surface area contributed by atoms with Gasteiger partial charge in [0.15, 0.2) is 17.1 Å². The third-order valence-corrected chi connectivity index (χ3v) is 6.49. The highest BCUT2D eigenvalue weighted by molar-refractivity contribution is 9.10. The summed E-state index contributed by atoms with van der Waals surface area (Å²) in [5, 5.41) is 4.91. The van der Waals surface area contributed by atoms with Crippen LogP contribution in [0.1, 0.15) is 54.8 Å². The molecule has 6 nitrogen and oxygen atoms in total. The van der Waals surface area contributed by atoms with E-state index >= 15 is 0 Å². The summed E-state index contributed by atoms with van der Waals surface area (Å²) in [7, 11) is 3.70. The lowest BCUT2D eigenvalue weighted by Gasteiger charge is -2.45. The van der Waals surface area contributed by atoms with Gasteiger partial charge in [0.2, 0.25) is 0 Å². The molecule has 1 aliphatic heterocycles. The predicted octanol–water partition coefficient (Wildman–Crippen LogP) is 5.69. The number of fused-ring (bicyclic) bond motifs is 2. The summed E-state index contributed by atoms with van der Waals surface area (Å²) in [6.45, 7) is 6.79.